The van der Waals surface area contributed by atoms with Crippen molar-refractivity contribution >= 4 is 11.6 Å². The molecule has 24 heavy (non-hydrogen) atoms. The number of hydrogen-bond donors (Lipinski definition) is 2. The molecule has 6 nitrogen and oxygen atoms in total. The van der Waals surface area contributed by atoms with Crippen LogP contribution in [0.2, 0.25) is 0 Å². The number of rotatable bonds is 5. The van der Waals surface area contributed by atoms with Crippen molar-refractivity contribution in [1.82, 2.24) is 15.1 Å². The molecular formula is C18H24N4O2. The van der Waals surface area contributed by atoms with E-state index in [1.54, 1.807) is 24.3 Å². The molecule has 0 atom stereocenters. The highest BCUT2D eigenvalue weighted by Crippen LogP contribution is 2.22. The summed E-state index contributed by atoms with van der Waals surface area (Å²) in [6, 6.07) is 6.82. The van der Waals surface area contributed by atoms with Crippen LogP contribution in [0.3, 0.4) is 0 Å². The number of nitrogens with two attached hydrogens (primary N) is 1. The summed E-state index contributed by atoms with van der Waals surface area (Å²) >= 11 is 0. The molecule has 6 heteroatoms. The van der Waals surface area contributed by atoms with Gasteiger partial charge in [0.2, 0.25) is 11.6 Å². The number of fused-ring (bicyclic) bond motifs is 1. The Balaban J connectivity index is 1.56. The van der Waals surface area contributed by atoms with Crippen molar-refractivity contribution in [2.75, 3.05) is 46.3 Å². The number of nitrogens with zero attached hydrogens (tertiary/aromatic N) is 2. The zero-order valence-corrected chi connectivity index (χ0v) is 14.0. The lowest BCUT2D eigenvalue weighted by Gasteiger charge is -2.32. The lowest BCUT2D eigenvalue weighted by atomic mass is 9.90. The minimum absolute atomic E-state index is 0.0262. The van der Waals surface area contributed by atoms with Gasteiger partial charge in [0.1, 0.15) is 11.4 Å². The maximum atomic E-state index is 12.5. The Bertz CT molecular complexity index is 675. The van der Waals surface area contributed by atoms with E-state index in [2.05, 4.69) is 22.2 Å². The van der Waals surface area contributed by atoms with Crippen LogP contribution in [-0.4, -0.2) is 67.7 Å². The molecule has 0 saturated carbocycles. The van der Waals surface area contributed by atoms with E-state index < -0.39 is 0 Å². The number of benzene rings is 1. The van der Waals surface area contributed by atoms with Gasteiger partial charge in [-0.1, -0.05) is 24.3 Å². The van der Waals surface area contributed by atoms with Gasteiger partial charge >= 0.3 is 0 Å². The average Bonchev–Trinajstić information content (AvgIpc) is 2.60. The molecule has 1 aromatic rings. The van der Waals surface area contributed by atoms with Gasteiger partial charge in [0.25, 0.3) is 0 Å². The van der Waals surface area contributed by atoms with Crippen molar-refractivity contribution in [3.8, 4) is 0 Å². The molecule has 1 saturated heterocycles. The molecule has 0 unspecified atom stereocenters. The van der Waals surface area contributed by atoms with Crippen LogP contribution in [0.4, 0.5) is 0 Å². The summed E-state index contributed by atoms with van der Waals surface area (Å²) in [5, 5.41) is 3.09. The molecule has 3 rings (SSSR count). The number of Topliss-reactive ketones (excluding diaryl/α,β-unsaturated/α-hetero) is 2. The van der Waals surface area contributed by atoms with E-state index in [1.807, 2.05) is 0 Å². The normalized spacial score (nSPS) is 19.5. The Morgan fingerprint density at radius 1 is 1.04 bits per heavy atom. The summed E-state index contributed by atoms with van der Waals surface area (Å²) in [7, 11) is 2.14. The van der Waals surface area contributed by atoms with Gasteiger partial charge in [-0.3, -0.25) is 9.59 Å². The molecule has 0 spiro atoms. The number of likely N-dealkylation sites (N-methyl/N-ethyl adjacent to an activating group) is 1. The van der Waals surface area contributed by atoms with Gasteiger partial charge in [0.15, 0.2) is 0 Å². The topological polar surface area (TPSA) is 78.7 Å². The Hall–Kier alpha value is -2.18. The van der Waals surface area contributed by atoms with Gasteiger partial charge in [-0.2, -0.15) is 0 Å². The predicted molar refractivity (Wildman–Crippen MR) is 92.9 cm³/mol. The Kier molecular flexibility index (Phi) is 4.97. The summed E-state index contributed by atoms with van der Waals surface area (Å²) in [6.07, 6.45) is 0.906. The van der Waals surface area contributed by atoms with Crippen LogP contribution in [0.25, 0.3) is 0 Å². The van der Waals surface area contributed by atoms with E-state index in [0.29, 0.717) is 17.7 Å². The largest absolute Gasteiger partial charge is 0.394 e. The van der Waals surface area contributed by atoms with Crippen molar-refractivity contribution in [1.29, 1.82) is 0 Å². The maximum absolute atomic E-state index is 12.5. The first kappa shape index (κ1) is 16.7. The summed E-state index contributed by atoms with van der Waals surface area (Å²) in [5.74, 6) is -0.464. The summed E-state index contributed by atoms with van der Waals surface area (Å²) in [6.45, 7) is 5.94. The van der Waals surface area contributed by atoms with Crippen LogP contribution >= 0.6 is 0 Å². The number of carbonyl (C=O) groups excluding carboxylic acids is 2. The second-order valence-corrected chi connectivity index (χ2v) is 6.42. The van der Waals surface area contributed by atoms with Gasteiger partial charge in [-0.15, -0.1) is 0 Å². The minimum atomic E-state index is -0.272. The number of allylic oxidation sites excluding steroid dienone is 2. The summed E-state index contributed by atoms with van der Waals surface area (Å²) in [5.41, 5.74) is 6.99. The molecule has 1 aliphatic carbocycles. The highest BCUT2D eigenvalue weighted by atomic mass is 16.1. The second-order valence-electron chi connectivity index (χ2n) is 6.42. The van der Waals surface area contributed by atoms with Crippen molar-refractivity contribution in [2.24, 2.45) is 5.73 Å². The minimum Gasteiger partial charge on any atom is -0.394 e. The molecule has 1 aromatic carbocycles. The van der Waals surface area contributed by atoms with Gasteiger partial charge < -0.3 is 20.9 Å². The van der Waals surface area contributed by atoms with Gasteiger partial charge in [0.05, 0.1) is 0 Å². The average molecular weight is 328 g/mol. The quantitative estimate of drug-likeness (QED) is 0.765. The SMILES string of the molecule is CN1CCN(CCCNC2=C(N)C(=O)c3ccccc3C2=O)CC1. The third-order valence-corrected chi connectivity index (χ3v) is 4.71. The van der Waals surface area contributed by atoms with E-state index in [9.17, 15) is 9.59 Å². The highest BCUT2D eigenvalue weighted by Gasteiger charge is 2.30. The van der Waals surface area contributed by atoms with E-state index in [-0.39, 0.29) is 23.0 Å². The monoisotopic (exact) mass is 328 g/mol. The summed E-state index contributed by atoms with van der Waals surface area (Å²) < 4.78 is 0. The molecule has 128 valence electrons. The Morgan fingerprint density at radius 2 is 1.67 bits per heavy atom. The number of hydrogen-bond acceptors (Lipinski definition) is 6. The van der Waals surface area contributed by atoms with Gasteiger partial charge in [-0.05, 0) is 20.0 Å². The molecule has 3 N–H and O–H groups in total. The van der Waals surface area contributed by atoms with Gasteiger partial charge in [-0.25, -0.2) is 0 Å². The second kappa shape index (κ2) is 7.15. The molecule has 2 aliphatic rings. The number of ketones is 2. The fourth-order valence-corrected chi connectivity index (χ4v) is 3.16. The smallest absolute Gasteiger partial charge is 0.211 e. The van der Waals surface area contributed by atoms with Crippen molar-refractivity contribution in [3.05, 3.63) is 46.8 Å². The molecule has 1 heterocycles. The lowest BCUT2D eigenvalue weighted by Crippen LogP contribution is -2.45. The lowest BCUT2D eigenvalue weighted by molar-refractivity contribution is 0.0967. The molecule has 0 radical (unpaired) electrons. The molecule has 0 aromatic heterocycles. The number of carbonyl (C=O) groups is 2. The first-order chi connectivity index (χ1) is 11.6. The Labute approximate surface area is 142 Å². The van der Waals surface area contributed by atoms with E-state index in [4.69, 9.17) is 5.73 Å². The third kappa shape index (κ3) is 3.34. The molecular weight excluding hydrogens is 304 g/mol. The van der Waals surface area contributed by atoms with E-state index >= 15 is 0 Å². The third-order valence-electron chi connectivity index (χ3n) is 4.71. The standard InChI is InChI=1S/C18H24N4O2/c1-21-9-11-22(12-10-21)8-4-7-20-16-15(19)17(23)13-5-2-3-6-14(13)18(16)24/h2-3,5-6,20H,4,7-12,19H2,1H3. The molecule has 0 bridgehead atoms. The first-order valence-corrected chi connectivity index (χ1v) is 8.41. The van der Waals surface area contributed by atoms with Crippen LogP contribution < -0.4 is 11.1 Å². The van der Waals surface area contributed by atoms with Crippen LogP contribution in [0.15, 0.2) is 35.7 Å². The van der Waals surface area contributed by atoms with Crippen LogP contribution in [0.5, 0.6) is 0 Å². The van der Waals surface area contributed by atoms with E-state index in [1.165, 1.54) is 0 Å². The fraction of sp³-hybridized carbons (Fsp3) is 0.444. The number of piperazine rings is 1. The van der Waals surface area contributed by atoms with Crippen LogP contribution in [-0.2, 0) is 0 Å². The van der Waals surface area contributed by atoms with Crippen molar-refractivity contribution < 1.29 is 9.59 Å². The summed E-state index contributed by atoms with van der Waals surface area (Å²) in [4.78, 5) is 29.6. The Morgan fingerprint density at radius 3 is 2.33 bits per heavy atom. The zero-order valence-electron chi connectivity index (χ0n) is 14.0. The number of nitrogens with one attached hydrogen (secondary N) is 1. The van der Waals surface area contributed by atoms with E-state index in [0.717, 1.165) is 39.1 Å². The highest BCUT2D eigenvalue weighted by molar-refractivity contribution is 6.26. The van der Waals surface area contributed by atoms with Gasteiger partial charge in [0, 0.05) is 43.9 Å². The predicted octanol–water partition coefficient (Wildman–Crippen LogP) is 0.463. The molecule has 1 fully saturated rings. The van der Waals surface area contributed by atoms with Crippen molar-refractivity contribution in [2.45, 2.75) is 6.42 Å². The first-order valence-electron chi connectivity index (χ1n) is 8.41. The molecule has 1 aliphatic heterocycles. The maximum Gasteiger partial charge on any atom is 0.211 e. The molecule has 0 amide bonds. The van der Waals surface area contributed by atoms with Crippen molar-refractivity contribution in [3.63, 3.8) is 0 Å². The van der Waals surface area contributed by atoms with Crippen LogP contribution in [0, 0.1) is 0 Å². The fourth-order valence-electron chi connectivity index (χ4n) is 3.16. The van der Waals surface area contributed by atoms with Crippen LogP contribution in [0.1, 0.15) is 27.1 Å². The zero-order chi connectivity index (χ0) is 17.1.